The smallest absolute Gasteiger partial charge is 0.192 e. The molecule has 0 spiro atoms. The minimum absolute atomic E-state index is 0.0466. The van der Waals surface area contributed by atoms with Crippen molar-refractivity contribution in [2.75, 3.05) is 6.16 Å². The summed E-state index contributed by atoms with van der Waals surface area (Å²) in [6.07, 6.45) is 4.01. The van der Waals surface area contributed by atoms with Crippen molar-refractivity contribution in [2.24, 2.45) is 5.92 Å². The van der Waals surface area contributed by atoms with Gasteiger partial charge in [-0.3, -0.25) is 9.59 Å². The van der Waals surface area contributed by atoms with E-state index in [1.807, 2.05) is 77.1 Å². The number of rotatable bonds is 9. The summed E-state index contributed by atoms with van der Waals surface area (Å²) in [6.45, 7) is 17.8. The standard InChI is InChI=1S/C29H37O3P/c1-18(2)14-21(6)26(19(3)4)28(31)33(17-25(30)24-12-10-9-11-13-24)29(32)27-22(7)15-20(5)16-23(27)8/h9-15,23,25,30H,3,16-17H2,1-2,4-8H3/b26-21+. The third kappa shape index (κ3) is 6.82. The zero-order chi connectivity index (χ0) is 24.9. The molecule has 1 aromatic rings. The molecule has 0 amide bonds. The van der Waals surface area contributed by atoms with Crippen LogP contribution in [0.25, 0.3) is 0 Å². The Kier molecular flexibility index (Phi) is 9.52. The van der Waals surface area contributed by atoms with E-state index in [1.54, 1.807) is 6.92 Å². The normalized spacial score (nSPS) is 18.7. The van der Waals surface area contributed by atoms with Gasteiger partial charge in [-0.15, -0.1) is 0 Å². The zero-order valence-electron chi connectivity index (χ0n) is 21.0. The van der Waals surface area contributed by atoms with Crippen LogP contribution in [0.1, 0.15) is 66.6 Å². The third-order valence-electron chi connectivity index (χ3n) is 5.81. The molecule has 1 N–H and O–H groups in total. The van der Waals surface area contributed by atoms with Gasteiger partial charge in [0.05, 0.1) is 6.10 Å². The van der Waals surface area contributed by atoms with E-state index in [-0.39, 0.29) is 23.1 Å². The fourth-order valence-corrected chi connectivity index (χ4v) is 6.94. The van der Waals surface area contributed by atoms with Gasteiger partial charge in [-0.05, 0) is 76.2 Å². The Morgan fingerprint density at radius 3 is 2.27 bits per heavy atom. The number of allylic oxidation sites excluding steroid dienone is 9. The molecule has 0 heterocycles. The van der Waals surface area contributed by atoms with E-state index >= 15 is 0 Å². The molecule has 3 unspecified atom stereocenters. The fourth-order valence-electron chi connectivity index (χ4n) is 4.54. The zero-order valence-corrected chi connectivity index (χ0v) is 21.9. The van der Waals surface area contributed by atoms with Crippen molar-refractivity contribution in [3.05, 3.63) is 93.6 Å². The average Bonchev–Trinajstić information content (AvgIpc) is 2.70. The Hall–Kier alpha value is -2.35. The van der Waals surface area contributed by atoms with Crippen LogP contribution in [0, 0.1) is 5.92 Å². The molecule has 0 bridgehead atoms. The maximum atomic E-state index is 13.9. The molecule has 0 aromatic heterocycles. The van der Waals surface area contributed by atoms with Gasteiger partial charge in [0.25, 0.3) is 0 Å². The number of aliphatic hydroxyl groups excluding tert-OH is 1. The molecule has 0 radical (unpaired) electrons. The fraction of sp³-hybridized carbons (Fsp3) is 0.379. The van der Waals surface area contributed by atoms with Crippen LogP contribution in [0.15, 0.2) is 88.1 Å². The quantitative estimate of drug-likeness (QED) is 0.235. The van der Waals surface area contributed by atoms with E-state index in [1.165, 1.54) is 5.57 Å². The molecule has 3 atom stereocenters. The van der Waals surface area contributed by atoms with Gasteiger partial charge in [0.15, 0.2) is 11.0 Å². The molecule has 3 nitrogen and oxygen atoms in total. The summed E-state index contributed by atoms with van der Waals surface area (Å²) < 4.78 is 0. The Balaban J connectivity index is 2.60. The molecular formula is C29H37O3P. The molecule has 0 saturated carbocycles. The van der Waals surface area contributed by atoms with Crippen molar-refractivity contribution in [3.8, 4) is 0 Å². The predicted octanol–water partition coefficient (Wildman–Crippen LogP) is 7.42. The minimum atomic E-state index is -1.83. The van der Waals surface area contributed by atoms with Crippen molar-refractivity contribution in [3.63, 3.8) is 0 Å². The van der Waals surface area contributed by atoms with E-state index in [4.69, 9.17) is 0 Å². The van der Waals surface area contributed by atoms with E-state index in [9.17, 15) is 14.7 Å². The lowest BCUT2D eigenvalue weighted by Crippen LogP contribution is -2.21. The lowest BCUT2D eigenvalue weighted by Gasteiger charge is -2.27. The van der Waals surface area contributed by atoms with Crippen LogP contribution in [-0.4, -0.2) is 22.3 Å². The van der Waals surface area contributed by atoms with E-state index in [0.29, 0.717) is 16.7 Å². The van der Waals surface area contributed by atoms with Crippen molar-refractivity contribution in [1.82, 2.24) is 0 Å². The second kappa shape index (κ2) is 11.7. The van der Waals surface area contributed by atoms with Crippen LogP contribution in [-0.2, 0) is 9.59 Å². The molecule has 176 valence electrons. The molecule has 33 heavy (non-hydrogen) atoms. The van der Waals surface area contributed by atoms with Gasteiger partial charge in [-0.25, -0.2) is 0 Å². The van der Waals surface area contributed by atoms with E-state index in [2.05, 4.69) is 13.5 Å². The SMILES string of the molecule is C=C(C)/C(C(=O)P(CC(O)c1ccccc1)C(=O)C1=C(C)C=C(C)CC1C)=C(/C)C=C(C)C. The molecule has 1 aliphatic carbocycles. The van der Waals surface area contributed by atoms with Crippen LogP contribution >= 0.6 is 7.92 Å². The summed E-state index contributed by atoms with van der Waals surface area (Å²) in [5, 5.41) is 11.0. The van der Waals surface area contributed by atoms with Crippen LogP contribution in [0.4, 0.5) is 0 Å². The van der Waals surface area contributed by atoms with Crippen LogP contribution in [0.3, 0.4) is 0 Å². The highest BCUT2D eigenvalue weighted by molar-refractivity contribution is 7.90. The third-order valence-corrected chi connectivity index (χ3v) is 7.97. The van der Waals surface area contributed by atoms with Gasteiger partial charge >= 0.3 is 0 Å². The van der Waals surface area contributed by atoms with Gasteiger partial charge < -0.3 is 5.11 Å². The lowest BCUT2D eigenvalue weighted by molar-refractivity contribution is -0.111. The van der Waals surface area contributed by atoms with Gasteiger partial charge in [-0.2, -0.15) is 0 Å². The molecule has 1 aliphatic rings. The number of benzene rings is 1. The molecule has 1 aromatic carbocycles. The number of carbonyl (C=O) groups is 2. The Bertz CT molecular complexity index is 1050. The van der Waals surface area contributed by atoms with Crippen LogP contribution in [0.2, 0.25) is 0 Å². The predicted molar refractivity (Wildman–Crippen MR) is 140 cm³/mol. The first-order chi connectivity index (χ1) is 15.4. The van der Waals surface area contributed by atoms with Gasteiger partial charge in [0.2, 0.25) is 0 Å². The minimum Gasteiger partial charge on any atom is -0.388 e. The van der Waals surface area contributed by atoms with Crippen molar-refractivity contribution in [2.45, 2.75) is 61.0 Å². The van der Waals surface area contributed by atoms with Crippen LogP contribution in [0.5, 0.6) is 0 Å². The van der Waals surface area contributed by atoms with Crippen molar-refractivity contribution in [1.29, 1.82) is 0 Å². The first-order valence-corrected chi connectivity index (χ1v) is 13.0. The Labute approximate surface area is 200 Å². The Morgan fingerprint density at radius 1 is 1.15 bits per heavy atom. The van der Waals surface area contributed by atoms with E-state index < -0.39 is 14.0 Å². The van der Waals surface area contributed by atoms with Crippen molar-refractivity contribution < 1.29 is 14.7 Å². The first kappa shape index (κ1) is 26.9. The highest BCUT2D eigenvalue weighted by Crippen LogP contribution is 2.50. The van der Waals surface area contributed by atoms with E-state index in [0.717, 1.165) is 28.7 Å². The summed E-state index contributed by atoms with van der Waals surface area (Å²) >= 11 is 0. The van der Waals surface area contributed by atoms with Gasteiger partial charge in [-0.1, -0.05) is 67.1 Å². The Morgan fingerprint density at radius 2 is 1.76 bits per heavy atom. The van der Waals surface area contributed by atoms with Gasteiger partial charge in [0, 0.05) is 25.2 Å². The summed E-state index contributed by atoms with van der Waals surface area (Å²) in [6, 6.07) is 9.25. The monoisotopic (exact) mass is 464 g/mol. The summed E-state index contributed by atoms with van der Waals surface area (Å²) in [5.41, 5.74) is 6.29. The number of aliphatic hydroxyl groups is 1. The summed E-state index contributed by atoms with van der Waals surface area (Å²) in [4.78, 5) is 27.9. The molecule has 0 saturated heterocycles. The first-order valence-electron chi connectivity index (χ1n) is 11.4. The highest BCUT2D eigenvalue weighted by atomic mass is 31.1. The van der Waals surface area contributed by atoms with Crippen molar-refractivity contribution >= 4 is 19.0 Å². The number of hydrogen-bond acceptors (Lipinski definition) is 3. The average molecular weight is 465 g/mol. The van der Waals surface area contributed by atoms with Gasteiger partial charge in [0.1, 0.15) is 0 Å². The number of hydrogen-bond donors (Lipinski definition) is 1. The number of carbonyl (C=O) groups excluding carboxylic acids is 2. The second-order valence-electron chi connectivity index (χ2n) is 9.40. The molecule has 4 heteroatoms. The summed E-state index contributed by atoms with van der Waals surface area (Å²) in [7, 11) is -1.83. The largest absolute Gasteiger partial charge is 0.388 e. The molecule has 0 fully saturated rings. The molecule has 2 rings (SSSR count). The second-order valence-corrected chi connectivity index (χ2v) is 11.4. The molecular weight excluding hydrogens is 427 g/mol. The lowest BCUT2D eigenvalue weighted by atomic mass is 9.86. The molecule has 0 aliphatic heterocycles. The maximum absolute atomic E-state index is 13.9. The maximum Gasteiger partial charge on any atom is 0.192 e. The topological polar surface area (TPSA) is 54.4 Å². The highest BCUT2D eigenvalue weighted by Gasteiger charge is 2.36. The van der Waals surface area contributed by atoms with Crippen LogP contribution < -0.4 is 0 Å². The summed E-state index contributed by atoms with van der Waals surface area (Å²) in [5.74, 6) is 0.0466.